The molecule has 0 saturated carbocycles. The van der Waals surface area contributed by atoms with Gasteiger partial charge in [0.2, 0.25) is 0 Å². The van der Waals surface area contributed by atoms with Crippen molar-refractivity contribution in [3.05, 3.63) is 92.6 Å². The van der Waals surface area contributed by atoms with Crippen LogP contribution in [0.15, 0.2) is 71.4 Å². The molecule has 3 aliphatic heterocycles. The van der Waals surface area contributed by atoms with Gasteiger partial charge in [-0.1, -0.05) is 86.0 Å². The van der Waals surface area contributed by atoms with Gasteiger partial charge in [-0.15, -0.1) is 6.58 Å². The number of esters is 3. The zero-order valence-corrected chi connectivity index (χ0v) is 44.1. The molecule has 0 bridgehead atoms. The summed E-state index contributed by atoms with van der Waals surface area (Å²) in [6.45, 7) is 19.9. The van der Waals surface area contributed by atoms with E-state index in [1.54, 1.807) is 85.8 Å². The Bertz CT molecular complexity index is 2250. The van der Waals surface area contributed by atoms with Gasteiger partial charge >= 0.3 is 17.9 Å². The smallest absolute Gasteiger partial charge is 0.342 e. The number of aliphatic hydroxyl groups excluding tert-OH is 5. The van der Waals surface area contributed by atoms with Crippen LogP contribution in [0, 0.1) is 11.8 Å². The molecule has 0 unspecified atom stereocenters. The van der Waals surface area contributed by atoms with Gasteiger partial charge in [-0.3, -0.25) is 4.79 Å². The minimum absolute atomic E-state index is 0.0489. The summed E-state index contributed by atoms with van der Waals surface area (Å²) in [4.78, 5) is 40.0. The van der Waals surface area contributed by atoms with E-state index in [4.69, 9.17) is 61.1 Å². The van der Waals surface area contributed by atoms with Crippen molar-refractivity contribution in [3.63, 3.8) is 0 Å². The van der Waals surface area contributed by atoms with Gasteiger partial charge in [0.05, 0.1) is 47.5 Å². The number of ether oxygens (including phenoxy) is 8. The van der Waals surface area contributed by atoms with E-state index in [9.17, 15) is 50.1 Å². The van der Waals surface area contributed by atoms with Crippen molar-refractivity contribution in [1.29, 1.82) is 0 Å². The van der Waals surface area contributed by atoms with Crippen LogP contribution in [0.3, 0.4) is 0 Å². The molecule has 0 radical (unpaired) electrons. The number of aromatic hydroxyl groups is 2. The van der Waals surface area contributed by atoms with E-state index in [1.807, 2.05) is 0 Å². The minimum Gasteiger partial charge on any atom is -0.505 e. The predicted octanol–water partition coefficient (Wildman–Crippen LogP) is 6.01. The van der Waals surface area contributed by atoms with Crippen LogP contribution in [-0.4, -0.2) is 153 Å². The van der Waals surface area contributed by atoms with Gasteiger partial charge in [0.25, 0.3) is 0 Å². The third-order valence-corrected chi connectivity index (χ3v) is 13.5. The molecule has 402 valence electrons. The standard InChI is InChI=1S/C52H72Cl2O18/c1-13-30-22-26(6)33(56)18-16-15-17-31(23-66-51-45(65-12)42(61)44(29(9)67-51)69-49(64)35-32(14-2)36(53)39(58)37(54)38(35)57)48(63)68-34(28(8)55)20-19-25(5)21-27(7)43(30)70-50-41(60)40(59)46(52(10,11)72-50)71-47(62)24(3)4/h13,15-17,19,21-22,24,28-30,33-34,40-46,50-51,55-61H,1,14,18,20,23H2,2-12H3/b16-15+,25-19+,26-22+,27-21+,31-17+/t28-,29-,30+,33+,34+,40-,41+,42+,43+,44-,45+,46+,50-,51-/m1/s1. The highest BCUT2D eigenvalue weighted by molar-refractivity contribution is 6.39. The summed E-state index contributed by atoms with van der Waals surface area (Å²) in [5.41, 5.74) is 0.0950. The van der Waals surface area contributed by atoms with Crippen molar-refractivity contribution < 1.29 is 88.0 Å². The average Bonchev–Trinajstić information content (AvgIpc) is 3.32. The fourth-order valence-corrected chi connectivity index (χ4v) is 8.94. The molecule has 0 aromatic heterocycles. The van der Waals surface area contributed by atoms with E-state index in [2.05, 4.69) is 6.58 Å². The highest BCUT2D eigenvalue weighted by Gasteiger charge is 2.53. The molecule has 4 rings (SSSR count). The normalized spacial score (nSPS) is 34.8. The Kier molecular flexibility index (Phi) is 22.1. The lowest BCUT2D eigenvalue weighted by Crippen LogP contribution is -2.64. The lowest BCUT2D eigenvalue weighted by atomic mass is 9.88. The summed E-state index contributed by atoms with van der Waals surface area (Å²) in [6.07, 6.45) is -5.02. The van der Waals surface area contributed by atoms with E-state index in [0.29, 0.717) is 16.7 Å². The van der Waals surface area contributed by atoms with Crippen LogP contribution in [0.5, 0.6) is 11.5 Å². The van der Waals surface area contributed by atoms with E-state index >= 15 is 0 Å². The molecule has 3 heterocycles. The maximum atomic E-state index is 13.9. The lowest BCUT2D eigenvalue weighted by Gasteiger charge is -2.47. The maximum Gasteiger partial charge on any atom is 0.342 e. The molecule has 2 fully saturated rings. The van der Waals surface area contributed by atoms with Crippen molar-refractivity contribution in [2.75, 3.05) is 13.7 Å². The number of phenolic OH excluding ortho intramolecular Hbond substituents is 2. The number of carbonyl (C=O) groups excluding carboxylic acids is 3. The zero-order valence-electron chi connectivity index (χ0n) is 42.6. The molecule has 1 aromatic rings. The first-order chi connectivity index (χ1) is 33.7. The van der Waals surface area contributed by atoms with Gasteiger partial charge in [0, 0.05) is 19.4 Å². The van der Waals surface area contributed by atoms with Crippen molar-refractivity contribution in [2.24, 2.45) is 11.8 Å². The van der Waals surface area contributed by atoms with Crippen molar-refractivity contribution in [3.8, 4) is 11.5 Å². The number of phenols is 2. The quantitative estimate of drug-likeness (QED) is 0.0677. The monoisotopic (exact) mass is 1050 g/mol. The van der Waals surface area contributed by atoms with Crippen LogP contribution >= 0.6 is 23.2 Å². The van der Waals surface area contributed by atoms with Crippen molar-refractivity contribution >= 4 is 41.1 Å². The molecule has 0 spiro atoms. The van der Waals surface area contributed by atoms with Crippen molar-refractivity contribution in [1.82, 2.24) is 0 Å². The molecule has 2 saturated heterocycles. The summed E-state index contributed by atoms with van der Waals surface area (Å²) in [7, 11) is 1.26. The Morgan fingerprint density at radius 2 is 1.61 bits per heavy atom. The largest absolute Gasteiger partial charge is 0.505 e. The summed E-state index contributed by atoms with van der Waals surface area (Å²) in [6, 6.07) is 0. The van der Waals surface area contributed by atoms with Crippen LogP contribution in [0.1, 0.15) is 98.0 Å². The summed E-state index contributed by atoms with van der Waals surface area (Å²) >= 11 is 12.3. The topological polar surface area (TPSA) is 267 Å². The van der Waals surface area contributed by atoms with E-state index in [1.165, 1.54) is 33.1 Å². The van der Waals surface area contributed by atoms with Gasteiger partial charge in [-0.25, -0.2) is 9.59 Å². The number of hydrogen-bond donors (Lipinski definition) is 7. The van der Waals surface area contributed by atoms with Crippen LogP contribution in [0.4, 0.5) is 0 Å². The maximum absolute atomic E-state index is 13.9. The highest BCUT2D eigenvalue weighted by Crippen LogP contribution is 2.45. The first kappa shape index (κ1) is 60.4. The molecule has 0 aliphatic carbocycles. The molecule has 0 amide bonds. The number of rotatable bonds is 13. The van der Waals surface area contributed by atoms with Gasteiger partial charge in [-0.2, -0.15) is 0 Å². The SMILES string of the molecule is C=C[C@H]1/C=C(\C)[C@@H](O)C/C=C/C=C(\CO[C@@H]2O[C@H](C)[C@@H](OC(=O)c3c(O)c(Cl)c(O)c(Cl)c3CC)[C@H](O)[C@@H]2OC)C(=O)O[C@H]([C@@H](C)O)C/C=C(C)/C=C(\C)[C@@H]1O[C@@H]1OC(C)(C)[C@@H](OC(=O)C(C)C)[C@H](O)[C@@H]1O. The molecule has 14 atom stereocenters. The van der Waals surface area contributed by atoms with Gasteiger partial charge < -0.3 is 73.6 Å². The number of cyclic esters (lactones) is 1. The lowest BCUT2D eigenvalue weighted by molar-refractivity contribution is -0.332. The summed E-state index contributed by atoms with van der Waals surface area (Å²) < 4.78 is 47.3. The third kappa shape index (κ3) is 14.6. The van der Waals surface area contributed by atoms with E-state index in [0.717, 1.165) is 0 Å². The van der Waals surface area contributed by atoms with Crippen molar-refractivity contribution in [2.45, 2.75) is 174 Å². The van der Waals surface area contributed by atoms with E-state index in [-0.39, 0.29) is 35.4 Å². The Morgan fingerprint density at radius 1 is 0.944 bits per heavy atom. The fraction of sp³-hybridized carbons (Fsp3) is 0.596. The van der Waals surface area contributed by atoms with Crippen LogP contribution in [0.2, 0.25) is 10.0 Å². The zero-order chi connectivity index (χ0) is 54.1. The average molecular weight is 1060 g/mol. The molecule has 20 heteroatoms. The Labute approximate surface area is 431 Å². The molecule has 72 heavy (non-hydrogen) atoms. The number of carbonyl (C=O) groups is 3. The second-order valence-corrected chi connectivity index (χ2v) is 19.9. The van der Waals surface area contributed by atoms with Crippen LogP contribution in [0.25, 0.3) is 0 Å². The van der Waals surface area contributed by atoms with Crippen LogP contribution < -0.4 is 0 Å². The first-order valence-corrected chi connectivity index (χ1v) is 24.6. The molecule has 3 aliphatic rings. The molecule has 1 aromatic carbocycles. The molecule has 18 nitrogen and oxygen atoms in total. The Hall–Kier alpha value is -4.15. The number of aliphatic hydroxyl groups is 5. The number of benzene rings is 1. The highest BCUT2D eigenvalue weighted by atomic mass is 35.5. The van der Waals surface area contributed by atoms with Gasteiger partial charge in [-0.05, 0) is 84.1 Å². The number of hydrogen-bond acceptors (Lipinski definition) is 18. The second-order valence-electron chi connectivity index (χ2n) is 19.1. The minimum atomic E-state index is -1.64. The molecule has 7 N–H and O–H groups in total. The Morgan fingerprint density at radius 3 is 2.21 bits per heavy atom. The Balaban J connectivity index is 1.61. The van der Waals surface area contributed by atoms with Gasteiger partial charge in [0.15, 0.2) is 36.3 Å². The third-order valence-electron chi connectivity index (χ3n) is 12.7. The molecular formula is C52H72Cl2O18. The fourth-order valence-electron chi connectivity index (χ4n) is 8.38. The van der Waals surface area contributed by atoms with Crippen LogP contribution in [-0.2, 0) is 53.9 Å². The summed E-state index contributed by atoms with van der Waals surface area (Å²) in [5.74, 6) is -5.07. The van der Waals surface area contributed by atoms with E-state index < -0.39 is 144 Å². The molecular weight excluding hydrogens is 983 g/mol. The number of halogens is 2. The summed E-state index contributed by atoms with van der Waals surface area (Å²) in [5, 5.41) is 76.3. The number of methoxy groups -OCH3 is 1. The van der Waals surface area contributed by atoms with Gasteiger partial charge in [0.1, 0.15) is 46.7 Å². The first-order valence-electron chi connectivity index (χ1n) is 23.8. The predicted molar refractivity (Wildman–Crippen MR) is 265 cm³/mol. The second kappa shape index (κ2) is 26.4. The number of allylic oxidation sites excluding steroid dienone is 4.